The smallest absolute Gasteiger partial charge is 0.293 e. The third-order valence-corrected chi connectivity index (χ3v) is 2.46. The van der Waals surface area contributed by atoms with Gasteiger partial charge in [0.1, 0.15) is 0 Å². The van der Waals surface area contributed by atoms with Crippen LogP contribution in [0, 0.1) is 0 Å². The largest absolute Gasteiger partial charge is 0.365 e. The van der Waals surface area contributed by atoms with Gasteiger partial charge in [0.2, 0.25) is 5.89 Å². The Hall–Kier alpha value is -2.18. The molecule has 0 spiro atoms. The molecular formula is C11H15N5O2. The Kier molecular flexibility index (Phi) is 3.71. The highest BCUT2D eigenvalue weighted by Crippen LogP contribution is 2.01. The zero-order chi connectivity index (χ0) is 13.0. The average Bonchev–Trinajstić information content (AvgIpc) is 2.84. The maximum Gasteiger partial charge on any atom is 0.293 e. The van der Waals surface area contributed by atoms with Crippen LogP contribution in [0.15, 0.2) is 28.0 Å². The standard InChI is InChI=1S/C11H15N5O2/c1-8(2)16-6-5-13-10(11(16)17)12-4-3-9-14-7-15-18-9/h5-8H,3-4H2,1-2H3,(H,12,13). The van der Waals surface area contributed by atoms with Crippen LogP contribution in [-0.4, -0.2) is 26.2 Å². The van der Waals surface area contributed by atoms with Crippen molar-refractivity contribution in [1.29, 1.82) is 0 Å². The molecule has 2 heterocycles. The highest BCUT2D eigenvalue weighted by atomic mass is 16.5. The summed E-state index contributed by atoms with van der Waals surface area (Å²) in [7, 11) is 0. The lowest BCUT2D eigenvalue weighted by Crippen LogP contribution is -2.26. The van der Waals surface area contributed by atoms with Crippen molar-refractivity contribution in [1.82, 2.24) is 19.7 Å². The van der Waals surface area contributed by atoms with Crippen LogP contribution in [0.1, 0.15) is 25.8 Å². The Morgan fingerprint density at radius 3 is 2.94 bits per heavy atom. The van der Waals surface area contributed by atoms with Crippen LogP contribution in [0.4, 0.5) is 5.82 Å². The Labute approximate surface area is 104 Å². The van der Waals surface area contributed by atoms with E-state index in [0.717, 1.165) is 0 Å². The molecule has 0 unspecified atom stereocenters. The number of nitrogens with zero attached hydrogens (tertiary/aromatic N) is 4. The molecule has 0 bridgehead atoms. The van der Waals surface area contributed by atoms with Gasteiger partial charge in [0.25, 0.3) is 5.56 Å². The first kappa shape index (κ1) is 12.3. The Morgan fingerprint density at radius 2 is 2.28 bits per heavy atom. The van der Waals surface area contributed by atoms with Crippen molar-refractivity contribution in [2.24, 2.45) is 0 Å². The minimum absolute atomic E-state index is 0.108. The maximum atomic E-state index is 12.0. The Balaban J connectivity index is 2.01. The second-order valence-electron chi connectivity index (χ2n) is 4.09. The second kappa shape index (κ2) is 5.44. The lowest BCUT2D eigenvalue weighted by molar-refractivity contribution is 0.379. The van der Waals surface area contributed by atoms with E-state index in [4.69, 9.17) is 4.52 Å². The van der Waals surface area contributed by atoms with E-state index in [-0.39, 0.29) is 11.6 Å². The summed E-state index contributed by atoms with van der Waals surface area (Å²) in [4.78, 5) is 19.9. The van der Waals surface area contributed by atoms with Crippen molar-refractivity contribution >= 4 is 5.82 Å². The average molecular weight is 249 g/mol. The quantitative estimate of drug-likeness (QED) is 0.845. The number of nitrogens with one attached hydrogen (secondary N) is 1. The molecule has 0 fully saturated rings. The number of rotatable bonds is 5. The van der Waals surface area contributed by atoms with Gasteiger partial charge >= 0.3 is 0 Å². The minimum atomic E-state index is -0.127. The predicted octanol–water partition coefficient (Wildman–Crippen LogP) is 0.862. The van der Waals surface area contributed by atoms with Crippen molar-refractivity contribution < 1.29 is 4.52 Å². The van der Waals surface area contributed by atoms with Crippen LogP contribution < -0.4 is 10.9 Å². The van der Waals surface area contributed by atoms with Crippen molar-refractivity contribution in [2.45, 2.75) is 26.3 Å². The third kappa shape index (κ3) is 2.73. The molecule has 0 saturated carbocycles. The molecule has 7 heteroatoms. The molecule has 0 atom stereocenters. The van der Waals surface area contributed by atoms with Gasteiger partial charge in [-0.05, 0) is 13.8 Å². The molecule has 7 nitrogen and oxygen atoms in total. The Bertz CT molecular complexity index is 547. The molecule has 0 aliphatic heterocycles. The fourth-order valence-corrected chi connectivity index (χ4v) is 1.55. The van der Waals surface area contributed by atoms with Gasteiger partial charge in [-0.3, -0.25) is 4.79 Å². The topological polar surface area (TPSA) is 85.8 Å². The van der Waals surface area contributed by atoms with E-state index in [2.05, 4.69) is 20.4 Å². The summed E-state index contributed by atoms with van der Waals surface area (Å²) in [6.07, 6.45) is 5.19. The van der Waals surface area contributed by atoms with E-state index >= 15 is 0 Å². The van der Waals surface area contributed by atoms with Gasteiger partial charge in [-0.15, -0.1) is 0 Å². The van der Waals surface area contributed by atoms with E-state index < -0.39 is 0 Å². The van der Waals surface area contributed by atoms with Crippen molar-refractivity contribution in [3.05, 3.63) is 35.0 Å². The molecule has 0 aliphatic carbocycles. The van der Waals surface area contributed by atoms with Crippen LogP contribution in [0.2, 0.25) is 0 Å². The molecule has 0 radical (unpaired) electrons. The summed E-state index contributed by atoms with van der Waals surface area (Å²) in [5.74, 6) is 0.869. The zero-order valence-electron chi connectivity index (χ0n) is 10.3. The van der Waals surface area contributed by atoms with Gasteiger partial charge in [0.15, 0.2) is 12.1 Å². The summed E-state index contributed by atoms with van der Waals surface area (Å²) in [6, 6.07) is 0.108. The summed E-state index contributed by atoms with van der Waals surface area (Å²) >= 11 is 0. The second-order valence-corrected chi connectivity index (χ2v) is 4.09. The van der Waals surface area contributed by atoms with E-state index in [1.807, 2.05) is 13.8 Å². The first-order chi connectivity index (χ1) is 8.68. The number of hydrogen-bond donors (Lipinski definition) is 1. The van der Waals surface area contributed by atoms with Crippen molar-refractivity contribution in [3.8, 4) is 0 Å². The first-order valence-corrected chi connectivity index (χ1v) is 5.75. The maximum absolute atomic E-state index is 12.0. The fourth-order valence-electron chi connectivity index (χ4n) is 1.55. The van der Waals surface area contributed by atoms with Crippen LogP contribution in [0.3, 0.4) is 0 Å². The molecule has 96 valence electrons. The SMILES string of the molecule is CC(C)n1ccnc(NCCc2ncno2)c1=O. The molecule has 2 rings (SSSR count). The van der Waals surface area contributed by atoms with Crippen molar-refractivity contribution in [3.63, 3.8) is 0 Å². The van der Waals surface area contributed by atoms with Crippen LogP contribution >= 0.6 is 0 Å². The highest BCUT2D eigenvalue weighted by Gasteiger charge is 2.07. The Morgan fingerprint density at radius 1 is 1.44 bits per heavy atom. The molecule has 0 saturated heterocycles. The van der Waals surface area contributed by atoms with Gasteiger partial charge in [0.05, 0.1) is 0 Å². The molecular weight excluding hydrogens is 234 g/mol. The van der Waals surface area contributed by atoms with E-state index in [1.54, 1.807) is 17.0 Å². The van der Waals surface area contributed by atoms with Gasteiger partial charge < -0.3 is 14.4 Å². The predicted molar refractivity (Wildman–Crippen MR) is 65.4 cm³/mol. The monoisotopic (exact) mass is 249 g/mol. The lowest BCUT2D eigenvalue weighted by atomic mass is 10.4. The molecule has 0 aromatic carbocycles. The van der Waals surface area contributed by atoms with E-state index in [0.29, 0.717) is 24.7 Å². The van der Waals surface area contributed by atoms with Crippen LogP contribution in [-0.2, 0) is 6.42 Å². The third-order valence-electron chi connectivity index (χ3n) is 2.46. The zero-order valence-corrected chi connectivity index (χ0v) is 10.3. The number of hydrogen-bond acceptors (Lipinski definition) is 6. The summed E-state index contributed by atoms with van der Waals surface area (Å²) in [6.45, 7) is 4.42. The van der Waals surface area contributed by atoms with Crippen LogP contribution in [0.25, 0.3) is 0 Å². The molecule has 2 aromatic rings. The highest BCUT2D eigenvalue weighted by molar-refractivity contribution is 5.30. The molecule has 2 aromatic heterocycles. The fraction of sp³-hybridized carbons (Fsp3) is 0.455. The number of aromatic nitrogens is 4. The first-order valence-electron chi connectivity index (χ1n) is 5.75. The van der Waals surface area contributed by atoms with Gasteiger partial charge in [-0.25, -0.2) is 4.98 Å². The molecule has 0 aliphatic rings. The minimum Gasteiger partial charge on any atom is -0.365 e. The van der Waals surface area contributed by atoms with Gasteiger partial charge in [-0.1, -0.05) is 5.16 Å². The molecule has 18 heavy (non-hydrogen) atoms. The van der Waals surface area contributed by atoms with E-state index in [1.165, 1.54) is 6.33 Å². The lowest BCUT2D eigenvalue weighted by Gasteiger charge is -2.11. The number of anilines is 1. The van der Waals surface area contributed by atoms with Crippen molar-refractivity contribution in [2.75, 3.05) is 11.9 Å². The summed E-state index contributed by atoms with van der Waals surface area (Å²) < 4.78 is 6.49. The molecule has 0 amide bonds. The van der Waals surface area contributed by atoms with E-state index in [9.17, 15) is 4.79 Å². The molecule has 1 N–H and O–H groups in total. The van der Waals surface area contributed by atoms with Crippen LogP contribution in [0.5, 0.6) is 0 Å². The normalized spacial score (nSPS) is 10.8. The van der Waals surface area contributed by atoms with Gasteiger partial charge in [-0.2, -0.15) is 4.98 Å². The summed E-state index contributed by atoms with van der Waals surface area (Å²) in [5.41, 5.74) is -0.127. The van der Waals surface area contributed by atoms with Gasteiger partial charge in [0, 0.05) is 31.4 Å². The summed E-state index contributed by atoms with van der Waals surface area (Å²) in [5, 5.41) is 6.48.